The number of aromatic amines is 1. The van der Waals surface area contributed by atoms with Gasteiger partial charge in [0, 0.05) is 11.1 Å². The first-order valence-electron chi connectivity index (χ1n) is 5.65. The van der Waals surface area contributed by atoms with Crippen molar-refractivity contribution in [3.05, 3.63) is 51.1 Å². The van der Waals surface area contributed by atoms with Gasteiger partial charge in [-0.05, 0) is 38.8 Å². The van der Waals surface area contributed by atoms with Crippen LogP contribution >= 0.6 is 0 Å². The molecule has 0 bridgehead atoms. The van der Waals surface area contributed by atoms with Crippen LogP contribution in [0.5, 0.6) is 0 Å². The third-order valence-corrected chi connectivity index (χ3v) is 3.13. The minimum atomic E-state index is -0.0617. The molecule has 2 aromatic rings. The number of aryl methyl sites for hydroxylation is 2. The van der Waals surface area contributed by atoms with Crippen molar-refractivity contribution >= 4 is 0 Å². The van der Waals surface area contributed by atoms with Gasteiger partial charge in [0.2, 0.25) is 0 Å². The highest BCUT2D eigenvalue weighted by molar-refractivity contribution is 5.67. The van der Waals surface area contributed by atoms with Gasteiger partial charge in [-0.25, -0.2) is 4.98 Å². The molecule has 1 aromatic carbocycles. The van der Waals surface area contributed by atoms with Crippen molar-refractivity contribution in [2.24, 2.45) is 0 Å². The average molecular weight is 228 g/mol. The van der Waals surface area contributed by atoms with Crippen LogP contribution < -0.4 is 5.56 Å². The molecule has 0 radical (unpaired) electrons. The van der Waals surface area contributed by atoms with Crippen molar-refractivity contribution < 1.29 is 0 Å². The molecule has 0 saturated heterocycles. The molecule has 1 heterocycles. The molecule has 0 spiro atoms. The zero-order chi connectivity index (χ0) is 12.6. The van der Waals surface area contributed by atoms with E-state index in [9.17, 15) is 4.79 Å². The maximum atomic E-state index is 11.7. The van der Waals surface area contributed by atoms with E-state index in [4.69, 9.17) is 0 Å². The maximum Gasteiger partial charge on any atom is 0.254 e. The fourth-order valence-electron chi connectivity index (χ4n) is 1.91. The van der Waals surface area contributed by atoms with Gasteiger partial charge in [-0.1, -0.05) is 18.2 Å². The summed E-state index contributed by atoms with van der Waals surface area (Å²) < 4.78 is 0. The predicted octanol–water partition coefficient (Wildman–Crippen LogP) is 2.67. The number of hydrogen-bond donors (Lipinski definition) is 1. The molecule has 0 aliphatic rings. The molecule has 1 N–H and O–H groups in total. The quantitative estimate of drug-likeness (QED) is 0.815. The summed E-state index contributed by atoms with van der Waals surface area (Å²) >= 11 is 0. The molecule has 0 saturated carbocycles. The van der Waals surface area contributed by atoms with Crippen LogP contribution in [-0.2, 0) is 0 Å². The van der Waals surface area contributed by atoms with Crippen LogP contribution in [0.2, 0.25) is 0 Å². The lowest BCUT2D eigenvalue weighted by Crippen LogP contribution is -2.14. The molecule has 0 atom stereocenters. The molecule has 0 unspecified atom stereocenters. The highest BCUT2D eigenvalue weighted by atomic mass is 16.1. The van der Waals surface area contributed by atoms with Crippen molar-refractivity contribution in [2.45, 2.75) is 27.7 Å². The maximum absolute atomic E-state index is 11.7. The summed E-state index contributed by atoms with van der Waals surface area (Å²) in [6.07, 6.45) is 0. The second kappa shape index (κ2) is 4.17. The van der Waals surface area contributed by atoms with E-state index in [-0.39, 0.29) is 5.56 Å². The first-order chi connectivity index (χ1) is 8.00. The van der Waals surface area contributed by atoms with Gasteiger partial charge in [0.05, 0.1) is 5.69 Å². The van der Waals surface area contributed by atoms with Crippen molar-refractivity contribution in [1.82, 2.24) is 9.97 Å². The second-order valence-corrected chi connectivity index (χ2v) is 4.37. The van der Waals surface area contributed by atoms with Crippen molar-refractivity contribution in [3.63, 3.8) is 0 Å². The Hall–Kier alpha value is -1.90. The summed E-state index contributed by atoms with van der Waals surface area (Å²) in [6.45, 7) is 7.73. The van der Waals surface area contributed by atoms with Crippen LogP contribution in [0.1, 0.15) is 22.5 Å². The van der Waals surface area contributed by atoms with Gasteiger partial charge in [-0.2, -0.15) is 0 Å². The minimum absolute atomic E-state index is 0.0617. The lowest BCUT2D eigenvalue weighted by molar-refractivity contribution is 0.998. The van der Waals surface area contributed by atoms with Crippen molar-refractivity contribution in [2.75, 3.05) is 0 Å². The second-order valence-electron chi connectivity index (χ2n) is 4.37. The topological polar surface area (TPSA) is 45.8 Å². The summed E-state index contributed by atoms with van der Waals surface area (Å²) in [5.41, 5.74) is 4.82. The molecular formula is C14H16N2O. The summed E-state index contributed by atoms with van der Waals surface area (Å²) in [6, 6.07) is 6.07. The average Bonchev–Trinajstić information content (AvgIpc) is 2.27. The molecule has 0 amide bonds. The largest absolute Gasteiger partial charge is 0.311 e. The summed E-state index contributed by atoms with van der Waals surface area (Å²) in [5, 5.41) is 0. The zero-order valence-corrected chi connectivity index (χ0v) is 10.6. The van der Waals surface area contributed by atoms with E-state index < -0.39 is 0 Å². The Morgan fingerprint density at radius 1 is 1.06 bits per heavy atom. The van der Waals surface area contributed by atoms with E-state index in [1.54, 1.807) is 6.92 Å². The number of nitrogens with one attached hydrogen (secondary N) is 1. The molecule has 17 heavy (non-hydrogen) atoms. The molecule has 1 aromatic heterocycles. The number of aromatic nitrogens is 2. The Kier molecular flexibility index (Phi) is 2.84. The van der Waals surface area contributed by atoms with Crippen molar-refractivity contribution in [3.8, 4) is 11.3 Å². The smallest absolute Gasteiger partial charge is 0.254 e. The Bertz CT molecular complexity index is 627. The van der Waals surface area contributed by atoms with E-state index in [1.165, 1.54) is 11.1 Å². The first kappa shape index (κ1) is 11.6. The summed E-state index contributed by atoms with van der Waals surface area (Å²) in [4.78, 5) is 18.9. The van der Waals surface area contributed by atoms with Crippen LogP contribution in [0, 0.1) is 27.7 Å². The van der Waals surface area contributed by atoms with E-state index in [2.05, 4.69) is 29.9 Å². The molecule has 0 fully saturated rings. The van der Waals surface area contributed by atoms with E-state index >= 15 is 0 Å². The van der Waals surface area contributed by atoms with Crippen molar-refractivity contribution in [1.29, 1.82) is 0 Å². The van der Waals surface area contributed by atoms with Gasteiger partial charge in [0.1, 0.15) is 5.82 Å². The number of rotatable bonds is 1. The van der Waals surface area contributed by atoms with Gasteiger partial charge in [0.25, 0.3) is 5.56 Å². The van der Waals surface area contributed by atoms with Crippen LogP contribution in [0.3, 0.4) is 0 Å². The number of H-pyrrole nitrogens is 1. The molecular weight excluding hydrogens is 212 g/mol. The number of hydrogen-bond acceptors (Lipinski definition) is 2. The van der Waals surface area contributed by atoms with Crippen LogP contribution in [0.25, 0.3) is 11.3 Å². The SMILES string of the molecule is Cc1nc(-c2cccc(C)c2C)c(C)c(=O)[nH]1. The Balaban J connectivity index is 2.77. The number of benzene rings is 1. The molecule has 3 heteroatoms. The van der Waals surface area contributed by atoms with Gasteiger partial charge in [-0.15, -0.1) is 0 Å². The lowest BCUT2D eigenvalue weighted by Gasteiger charge is -2.10. The minimum Gasteiger partial charge on any atom is -0.311 e. The molecule has 0 aliphatic heterocycles. The van der Waals surface area contributed by atoms with E-state index in [1.807, 2.05) is 19.1 Å². The third-order valence-electron chi connectivity index (χ3n) is 3.13. The predicted molar refractivity (Wildman–Crippen MR) is 69.2 cm³/mol. The Labute approximate surface area is 101 Å². The van der Waals surface area contributed by atoms with Crippen LogP contribution in [0.15, 0.2) is 23.0 Å². The molecule has 88 valence electrons. The number of nitrogens with zero attached hydrogens (tertiary/aromatic N) is 1. The molecule has 3 nitrogen and oxygen atoms in total. The first-order valence-corrected chi connectivity index (χ1v) is 5.65. The normalized spacial score (nSPS) is 10.6. The van der Waals surface area contributed by atoms with Gasteiger partial charge in [0.15, 0.2) is 0 Å². The van der Waals surface area contributed by atoms with Gasteiger partial charge in [-0.3, -0.25) is 4.79 Å². The summed E-state index contributed by atoms with van der Waals surface area (Å²) in [7, 11) is 0. The Morgan fingerprint density at radius 2 is 1.76 bits per heavy atom. The van der Waals surface area contributed by atoms with E-state index in [0.29, 0.717) is 11.4 Å². The zero-order valence-electron chi connectivity index (χ0n) is 10.6. The fourth-order valence-corrected chi connectivity index (χ4v) is 1.91. The monoisotopic (exact) mass is 228 g/mol. The van der Waals surface area contributed by atoms with Crippen LogP contribution in [-0.4, -0.2) is 9.97 Å². The third kappa shape index (κ3) is 2.00. The lowest BCUT2D eigenvalue weighted by atomic mass is 9.99. The Morgan fingerprint density at radius 3 is 2.47 bits per heavy atom. The molecule has 2 rings (SSSR count). The molecule has 0 aliphatic carbocycles. The van der Waals surface area contributed by atoms with E-state index in [0.717, 1.165) is 11.3 Å². The van der Waals surface area contributed by atoms with Gasteiger partial charge >= 0.3 is 0 Å². The fraction of sp³-hybridized carbons (Fsp3) is 0.286. The van der Waals surface area contributed by atoms with Gasteiger partial charge < -0.3 is 4.98 Å². The highest BCUT2D eigenvalue weighted by Gasteiger charge is 2.11. The van der Waals surface area contributed by atoms with Crippen LogP contribution in [0.4, 0.5) is 0 Å². The standard InChI is InChI=1S/C14H16N2O/c1-8-6-5-7-12(9(8)2)13-10(3)14(17)16-11(4)15-13/h5-7H,1-4H3,(H,15,16,17). The summed E-state index contributed by atoms with van der Waals surface area (Å²) in [5.74, 6) is 0.650. The highest BCUT2D eigenvalue weighted by Crippen LogP contribution is 2.24.